The van der Waals surface area contributed by atoms with Crippen LogP contribution in [0.5, 0.6) is 11.5 Å². The summed E-state index contributed by atoms with van der Waals surface area (Å²) < 4.78 is 25.6. The number of allylic oxidation sites excluding steroid dienone is 1. The van der Waals surface area contributed by atoms with Crippen molar-refractivity contribution in [1.82, 2.24) is 5.32 Å². The molecule has 0 atom stereocenters. The number of anilines is 1. The minimum atomic E-state index is -0.995. The number of imide groups is 2. The fourth-order valence-electron chi connectivity index (χ4n) is 4.09. The summed E-state index contributed by atoms with van der Waals surface area (Å²) in [7, 11) is 0. The van der Waals surface area contributed by atoms with Crippen LogP contribution in [0.2, 0.25) is 0 Å². The van der Waals surface area contributed by atoms with Crippen molar-refractivity contribution in [3.8, 4) is 11.5 Å². The van der Waals surface area contributed by atoms with Crippen LogP contribution in [0.3, 0.4) is 0 Å². The number of hydrogen-bond acceptors (Lipinski definition) is 7. The maximum absolute atomic E-state index is 13.8. The van der Waals surface area contributed by atoms with Crippen molar-refractivity contribution >= 4 is 35.3 Å². The molecule has 3 aromatic rings. The van der Waals surface area contributed by atoms with Gasteiger partial charge in [0, 0.05) is 17.7 Å². The van der Waals surface area contributed by atoms with Crippen LogP contribution < -0.4 is 19.7 Å². The Hall–Kier alpha value is -5.32. The van der Waals surface area contributed by atoms with Crippen molar-refractivity contribution in [1.29, 1.82) is 0 Å². The Bertz CT molecular complexity index is 1550. The molecule has 1 N–H and O–H groups in total. The monoisotopic (exact) mass is 545 g/mol. The quantitative estimate of drug-likeness (QED) is 0.123. The second kappa shape index (κ2) is 12.0. The second-order valence-electron chi connectivity index (χ2n) is 8.59. The SMILES string of the molecule is C=CCc1cc(/C=C2\C(=O)NC(=O)N(c3cccc(F)c3)C2=O)cc(OCC)c1OCc1cccc([N+](=O)[O-])c1. The van der Waals surface area contributed by atoms with E-state index in [1.165, 1.54) is 30.3 Å². The number of hydrogen-bond donors (Lipinski definition) is 1. The van der Waals surface area contributed by atoms with Crippen LogP contribution in [0.15, 0.2) is 78.9 Å². The van der Waals surface area contributed by atoms with Gasteiger partial charge in [-0.1, -0.05) is 24.3 Å². The lowest BCUT2D eigenvalue weighted by atomic mass is 10.0. The highest BCUT2D eigenvalue weighted by Gasteiger charge is 2.37. The van der Waals surface area contributed by atoms with Gasteiger partial charge in [-0.15, -0.1) is 6.58 Å². The topological polar surface area (TPSA) is 128 Å². The van der Waals surface area contributed by atoms with Crippen LogP contribution in [0.1, 0.15) is 23.6 Å². The van der Waals surface area contributed by atoms with Gasteiger partial charge in [0.25, 0.3) is 17.5 Å². The van der Waals surface area contributed by atoms with Crippen molar-refractivity contribution in [3.05, 3.63) is 112 Å². The van der Waals surface area contributed by atoms with Crippen LogP contribution in [-0.4, -0.2) is 29.4 Å². The van der Waals surface area contributed by atoms with E-state index in [0.717, 1.165) is 12.1 Å². The second-order valence-corrected chi connectivity index (χ2v) is 8.59. The molecule has 204 valence electrons. The molecule has 40 heavy (non-hydrogen) atoms. The zero-order valence-electron chi connectivity index (χ0n) is 21.4. The number of nitro groups is 1. The highest BCUT2D eigenvalue weighted by Crippen LogP contribution is 2.36. The first-order valence-electron chi connectivity index (χ1n) is 12.2. The highest BCUT2D eigenvalue weighted by atomic mass is 19.1. The van der Waals surface area contributed by atoms with Crippen molar-refractivity contribution in [2.24, 2.45) is 0 Å². The first-order valence-corrected chi connectivity index (χ1v) is 12.2. The van der Waals surface area contributed by atoms with Crippen LogP contribution in [0.25, 0.3) is 6.08 Å². The Morgan fingerprint density at radius 1 is 1.07 bits per heavy atom. The Balaban J connectivity index is 1.71. The highest BCUT2D eigenvalue weighted by molar-refractivity contribution is 6.39. The fraction of sp³-hybridized carbons (Fsp3) is 0.138. The normalized spacial score (nSPS) is 14.2. The summed E-state index contributed by atoms with van der Waals surface area (Å²) >= 11 is 0. The third kappa shape index (κ3) is 6.04. The number of carbonyl (C=O) groups excluding carboxylic acids is 3. The molecule has 1 saturated heterocycles. The molecule has 1 aliphatic heterocycles. The first kappa shape index (κ1) is 27.7. The number of urea groups is 1. The summed E-state index contributed by atoms with van der Waals surface area (Å²) in [6.07, 6.45) is 3.26. The van der Waals surface area contributed by atoms with Gasteiger partial charge in [-0.3, -0.25) is 25.0 Å². The minimum Gasteiger partial charge on any atom is -0.490 e. The Kier molecular flexibility index (Phi) is 8.33. The van der Waals surface area contributed by atoms with E-state index in [9.17, 15) is 28.9 Å². The molecular weight excluding hydrogens is 521 g/mol. The van der Waals surface area contributed by atoms with E-state index in [0.29, 0.717) is 39.5 Å². The van der Waals surface area contributed by atoms with E-state index >= 15 is 0 Å². The fourth-order valence-corrected chi connectivity index (χ4v) is 4.09. The van der Waals surface area contributed by atoms with Crippen LogP contribution >= 0.6 is 0 Å². The van der Waals surface area contributed by atoms with Gasteiger partial charge in [0.15, 0.2) is 11.5 Å². The largest absolute Gasteiger partial charge is 0.490 e. The van der Waals surface area contributed by atoms with Crippen molar-refractivity contribution in [2.45, 2.75) is 20.0 Å². The number of rotatable bonds is 10. The number of nitro benzene ring substituents is 1. The summed E-state index contributed by atoms with van der Waals surface area (Å²) in [5.41, 5.74) is 1.13. The third-order valence-corrected chi connectivity index (χ3v) is 5.80. The lowest BCUT2D eigenvalue weighted by molar-refractivity contribution is -0.384. The average molecular weight is 546 g/mol. The van der Waals surface area contributed by atoms with Crippen LogP contribution in [0.4, 0.5) is 20.6 Å². The lowest BCUT2D eigenvalue weighted by Crippen LogP contribution is -2.54. The van der Waals surface area contributed by atoms with Gasteiger partial charge in [0.1, 0.15) is 18.0 Å². The summed E-state index contributed by atoms with van der Waals surface area (Å²) in [4.78, 5) is 49.6. The number of ether oxygens (including phenoxy) is 2. The molecule has 0 radical (unpaired) electrons. The zero-order valence-corrected chi connectivity index (χ0v) is 21.4. The van der Waals surface area contributed by atoms with Gasteiger partial charge in [-0.05, 0) is 60.9 Å². The lowest BCUT2D eigenvalue weighted by Gasteiger charge is -2.26. The zero-order chi connectivity index (χ0) is 28.8. The number of nitrogens with one attached hydrogen (secondary N) is 1. The first-order chi connectivity index (χ1) is 19.2. The molecular formula is C29H24FN3O7. The average Bonchev–Trinajstić information content (AvgIpc) is 2.91. The van der Waals surface area contributed by atoms with Crippen molar-refractivity contribution < 1.29 is 33.2 Å². The molecule has 0 bridgehead atoms. The van der Waals surface area contributed by atoms with E-state index in [1.54, 1.807) is 37.3 Å². The number of benzene rings is 3. The van der Waals surface area contributed by atoms with Gasteiger partial charge >= 0.3 is 6.03 Å². The minimum absolute atomic E-state index is 0.0118. The van der Waals surface area contributed by atoms with Gasteiger partial charge in [0.05, 0.1) is 17.2 Å². The Morgan fingerprint density at radius 2 is 1.85 bits per heavy atom. The van der Waals surface area contributed by atoms with Gasteiger partial charge in [-0.25, -0.2) is 14.1 Å². The van der Waals surface area contributed by atoms with Gasteiger partial charge < -0.3 is 9.47 Å². The molecule has 3 aromatic carbocycles. The molecule has 0 unspecified atom stereocenters. The molecule has 1 aliphatic rings. The van der Waals surface area contributed by atoms with Crippen molar-refractivity contribution in [2.75, 3.05) is 11.5 Å². The molecule has 10 nitrogen and oxygen atoms in total. The predicted octanol–water partition coefficient (Wildman–Crippen LogP) is 5.11. The van der Waals surface area contributed by atoms with Crippen LogP contribution in [0, 0.1) is 15.9 Å². The summed E-state index contributed by atoms with van der Waals surface area (Å²) in [5, 5.41) is 13.2. The molecule has 4 amide bonds. The third-order valence-electron chi connectivity index (χ3n) is 5.80. The Labute approximate surface area is 228 Å². The number of non-ortho nitro benzene ring substituents is 1. The molecule has 1 heterocycles. The molecule has 0 aromatic heterocycles. The summed E-state index contributed by atoms with van der Waals surface area (Å²) in [6, 6.07) is 13.2. The van der Waals surface area contributed by atoms with E-state index in [2.05, 4.69) is 11.9 Å². The number of barbiturate groups is 1. The number of halogens is 1. The molecule has 0 spiro atoms. The number of nitrogens with zero attached hydrogens (tertiary/aromatic N) is 2. The molecule has 4 rings (SSSR count). The molecule has 1 fully saturated rings. The molecule has 0 saturated carbocycles. The number of amides is 4. The van der Waals surface area contributed by atoms with E-state index in [1.807, 2.05) is 0 Å². The number of carbonyl (C=O) groups is 3. The summed E-state index contributed by atoms with van der Waals surface area (Å²) in [5.74, 6) is -1.81. The predicted molar refractivity (Wildman–Crippen MR) is 144 cm³/mol. The maximum Gasteiger partial charge on any atom is 0.335 e. The van der Waals surface area contributed by atoms with E-state index in [-0.39, 0.29) is 30.2 Å². The smallest absolute Gasteiger partial charge is 0.335 e. The maximum atomic E-state index is 13.8. The van der Waals surface area contributed by atoms with Gasteiger partial charge in [-0.2, -0.15) is 0 Å². The van der Waals surface area contributed by atoms with Crippen molar-refractivity contribution in [3.63, 3.8) is 0 Å². The van der Waals surface area contributed by atoms with Gasteiger partial charge in [0.2, 0.25) is 0 Å². The van der Waals surface area contributed by atoms with E-state index in [4.69, 9.17) is 9.47 Å². The molecule has 0 aliphatic carbocycles. The van der Waals surface area contributed by atoms with E-state index < -0.39 is 28.6 Å². The van der Waals surface area contributed by atoms with Crippen LogP contribution in [-0.2, 0) is 22.6 Å². The Morgan fingerprint density at radius 3 is 2.55 bits per heavy atom. The standard InChI is InChI=1S/C29H24FN3O7/c1-3-7-20-12-19(14-24-27(34)31-29(36)32(28(24)35)22-10-6-9-21(30)16-22)15-25(39-4-2)26(20)40-17-18-8-5-11-23(13-18)33(37)38/h3,5-6,8-16H,1,4,7,17H2,2H3,(H,31,34,36)/b24-14+. The summed E-state index contributed by atoms with van der Waals surface area (Å²) in [6.45, 7) is 5.82. The molecule has 11 heteroatoms.